The number of carbonyl (C=O) groups is 1. The highest BCUT2D eigenvalue weighted by atomic mass is 35.5. The molecule has 0 saturated carbocycles. The number of carbonyl (C=O) groups excluding carboxylic acids is 1. The molecule has 0 aliphatic rings. The number of amides is 1. The maximum atomic E-state index is 11.5. The molecule has 0 aliphatic heterocycles. The maximum Gasteiger partial charge on any atom is 0.233 e. The lowest BCUT2D eigenvalue weighted by Crippen LogP contribution is -2.35. The van der Waals surface area contributed by atoms with Gasteiger partial charge in [-0.15, -0.1) is 12.4 Å². The lowest BCUT2D eigenvalue weighted by Gasteiger charge is -2.08. The second-order valence-electron chi connectivity index (χ2n) is 5.52. The van der Waals surface area contributed by atoms with Crippen molar-refractivity contribution in [2.45, 2.75) is 32.6 Å². The number of hydrogen-bond acceptors (Lipinski definition) is 3. The minimum atomic E-state index is 0. The first-order chi connectivity index (χ1) is 10.1. The van der Waals surface area contributed by atoms with E-state index in [0.29, 0.717) is 25.6 Å². The Bertz CT molecular complexity index is 408. The topological polar surface area (TPSA) is 50.4 Å². The first kappa shape index (κ1) is 20.9. The first-order valence-corrected chi connectivity index (χ1v) is 7.68. The van der Waals surface area contributed by atoms with Crippen molar-refractivity contribution in [1.29, 1.82) is 0 Å². The molecular formula is C17H29ClN2O2. The summed E-state index contributed by atoms with van der Waals surface area (Å²) in [5.74, 6) is 0.616. The van der Waals surface area contributed by atoms with Crippen LogP contribution in [0.2, 0.25) is 0 Å². The van der Waals surface area contributed by atoms with E-state index in [2.05, 4.69) is 48.7 Å². The fraction of sp³-hybridized carbons (Fsp3) is 0.588. The minimum Gasteiger partial charge on any atom is -0.383 e. The smallest absolute Gasteiger partial charge is 0.233 e. The molecule has 5 heteroatoms. The van der Waals surface area contributed by atoms with Gasteiger partial charge in [-0.2, -0.15) is 0 Å². The van der Waals surface area contributed by atoms with Crippen LogP contribution in [0.1, 0.15) is 37.3 Å². The van der Waals surface area contributed by atoms with Gasteiger partial charge in [-0.1, -0.05) is 38.1 Å². The molecule has 0 heterocycles. The predicted octanol–water partition coefficient (Wildman–Crippen LogP) is 2.52. The summed E-state index contributed by atoms with van der Waals surface area (Å²) in [6.07, 6.45) is 1.96. The zero-order valence-electron chi connectivity index (χ0n) is 13.9. The van der Waals surface area contributed by atoms with Gasteiger partial charge in [0, 0.05) is 20.2 Å². The molecule has 0 spiro atoms. The van der Waals surface area contributed by atoms with Crippen LogP contribution in [0.3, 0.4) is 0 Å². The molecular weight excluding hydrogens is 300 g/mol. The molecule has 1 aromatic rings. The Morgan fingerprint density at radius 1 is 1.18 bits per heavy atom. The highest BCUT2D eigenvalue weighted by molar-refractivity contribution is 5.85. The van der Waals surface area contributed by atoms with Crippen LogP contribution >= 0.6 is 12.4 Å². The van der Waals surface area contributed by atoms with Crippen LogP contribution in [0.4, 0.5) is 0 Å². The molecule has 1 amide bonds. The molecule has 22 heavy (non-hydrogen) atoms. The van der Waals surface area contributed by atoms with Gasteiger partial charge in [-0.3, -0.25) is 4.79 Å². The normalized spacial score (nSPS) is 10.4. The standard InChI is InChI=1S/C17H28N2O2.ClH/c1-14(2)16-8-6-15(7-9-16)5-4-10-19-17(20)13-18-11-12-21-3;/h6-9,14,18H,4-5,10-13H2,1-3H3,(H,19,20);1H. The number of hydrogen-bond donors (Lipinski definition) is 2. The monoisotopic (exact) mass is 328 g/mol. The van der Waals surface area contributed by atoms with Crippen LogP contribution in [-0.2, 0) is 16.0 Å². The van der Waals surface area contributed by atoms with Gasteiger partial charge in [0.25, 0.3) is 0 Å². The van der Waals surface area contributed by atoms with E-state index >= 15 is 0 Å². The Hall–Kier alpha value is -1.10. The van der Waals surface area contributed by atoms with Crippen LogP contribution in [0.5, 0.6) is 0 Å². The SMILES string of the molecule is COCCNCC(=O)NCCCc1ccc(C(C)C)cc1.Cl. The molecule has 0 radical (unpaired) electrons. The zero-order valence-corrected chi connectivity index (χ0v) is 14.7. The highest BCUT2D eigenvalue weighted by Gasteiger charge is 2.01. The van der Waals surface area contributed by atoms with Gasteiger partial charge in [-0.25, -0.2) is 0 Å². The van der Waals surface area contributed by atoms with Gasteiger partial charge < -0.3 is 15.4 Å². The van der Waals surface area contributed by atoms with Crippen molar-refractivity contribution in [2.24, 2.45) is 0 Å². The average molecular weight is 329 g/mol. The van der Waals surface area contributed by atoms with Crippen LogP contribution in [0.25, 0.3) is 0 Å². The lowest BCUT2D eigenvalue weighted by atomic mass is 10.0. The van der Waals surface area contributed by atoms with Gasteiger partial charge in [0.1, 0.15) is 0 Å². The summed E-state index contributed by atoms with van der Waals surface area (Å²) in [5, 5.41) is 5.94. The summed E-state index contributed by atoms with van der Waals surface area (Å²) in [4.78, 5) is 11.5. The molecule has 0 unspecified atom stereocenters. The predicted molar refractivity (Wildman–Crippen MR) is 93.9 cm³/mol. The second kappa shape index (κ2) is 12.4. The fourth-order valence-corrected chi connectivity index (χ4v) is 2.03. The van der Waals surface area contributed by atoms with Gasteiger partial charge in [-0.05, 0) is 29.9 Å². The molecule has 0 saturated heterocycles. The van der Waals surface area contributed by atoms with Crippen LogP contribution in [0.15, 0.2) is 24.3 Å². The third kappa shape index (κ3) is 9.03. The number of ether oxygens (including phenoxy) is 1. The summed E-state index contributed by atoms with van der Waals surface area (Å²) in [5.41, 5.74) is 2.70. The number of methoxy groups -OCH3 is 1. The first-order valence-electron chi connectivity index (χ1n) is 7.68. The maximum absolute atomic E-state index is 11.5. The van der Waals surface area contributed by atoms with E-state index in [0.717, 1.165) is 19.4 Å². The van der Waals surface area contributed by atoms with E-state index in [1.54, 1.807) is 7.11 Å². The molecule has 4 nitrogen and oxygen atoms in total. The molecule has 0 aromatic heterocycles. The Labute approximate surface area is 140 Å². The third-order valence-corrected chi connectivity index (χ3v) is 3.38. The summed E-state index contributed by atoms with van der Waals surface area (Å²) in [7, 11) is 1.65. The van der Waals surface area contributed by atoms with Crippen molar-refractivity contribution in [3.8, 4) is 0 Å². The third-order valence-electron chi connectivity index (χ3n) is 3.38. The summed E-state index contributed by atoms with van der Waals surface area (Å²) < 4.78 is 4.90. The average Bonchev–Trinajstić information content (AvgIpc) is 2.48. The van der Waals surface area contributed by atoms with Crippen molar-refractivity contribution in [3.63, 3.8) is 0 Å². The zero-order chi connectivity index (χ0) is 15.5. The molecule has 0 fully saturated rings. The molecule has 1 aromatic carbocycles. The highest BCUT2D eigenvalue weighted by Crippen LogP contribution is 2.15. The lowest BCUT2D eigenvalue weighted by molar-refractivity contribution is -0.120. The molecule has 0 aliphatic carbocycles. The molecule has 2 N–H and O–H groups in total. The molecule has 1 rings (SSSR count). The number of aryl methyl sites for hydroxylation is 1. The number of rotatable bonds is 10. The van der Waals surface area contributed by atoms with E-state index in [1.165, 1.54) is 11.1 Å². The Kier molecular flexibility index (Phi) is 11.8. The van der Waals surface area contributed by atoms with Crippen LogP contribution in [-0.4, -0.2) is 39.3 Å². The summed E-state index contributed by atoms with van der Waals surface area (Å²) >= 11 is 0. The van der Waals surface area contributed by atoms with Gasteiger partial charge in [0.05, 0.1) is 13.2 Å². The quantitative estimate of drug-likeness (QED) is 0.649. The van der Waals surface area contributed by atoms with Crippen molar-refractivity contribution in [2.75, 3.05) is 33.4 Å². The summed E-state index contributed by atoms with van der Waals surface area (Å²) in [6, 6.07) is 8.75. The Balaban J connectivity index is 0.00000441. The second-order valence-corrected chi connectivity index (χ2v) is 5.52. The number of halogens is 1. The minimum absolute atomic E-state index is 0. The number of benzene rings is 1. The molecule has 0 bridgehead atoms. The number of nitrogens with one attached hydrogen (secondary N) is 2. The largest absolute Gasteiger partial charge is 0.383 e. The fourth-order valence-electron chi connectivity index (χ4n) is 2.03. The van der Waals surface area contributed by atoms with E-state index in [1.807, 2.05) is 0 Å². The van der Waals surface area contributed by atoms with Gasteiger partial charge >= 0.3 is 0 Å². The Morgan fingerprint density at radius 3 is 2.45 bits per heavy atom. The van der Waals surface area contributed by atoms with E-state index in [4.69, 9.17) is 4.74 Å². The van der Waals surface area contributed by atoms with E-state index in [-0.39, 0.29) is 18.3 Å². The van der Waals surface area contributed by atoms with Crippen molar-refractivity contribution in [1.82, 2.24) is 10.6 Å². The molecule has 0 atom stereocenters. The van der Waals surface area contributed by atoms with Crippen molar-refractivity contribution >= 4 is 18.3 Å². The van der Waals surface area contributed by atoms with Crippen molar-refractivity contribution in [3.05, 3.63) is 35.4 Å². The van der Waals surface area contributed by atoms with Crippen LogP contribution < -0.4 is 10.6 Å². The van der Waals surface area contributed by atoms with E-state index in [9.17, 15) is 4.79 Å². The van der Waals surface area contributed by atoms with Gasteiger partial charge in [0.2, 0.25) is 5.91 Å². The van der Waals surface area contributed by atoms with Crippen molar-refractivity contribution < 1.29 is 9.53 Å². The molecule has 126 valence electrons. The summed E-state index contributed by atoms with van der Waals surface area (Å²) in [6.45, 7) is 6.80. The van der Waals surface area contributed by atoms with Gasteiger partial charge in [0.15, 0.2) is 0 Å². The Morgan fingerprint density at radius 2 is 1.86 bits per heavy atom. The van der Waals surface area contributed by atoms with Crippen LogP contribution in [0, 0.1) is 0 Å². The van der Waals surface area contributed by atoms with E-state index < -0.39 is 0 Å².